The normalized spacial score (nSPS) is 13.3. The first-order valence-corrected chi connectivity index (χ1v) is 5.42. The van der Waals surface area contributed by atoms with Gasteiger partial charge in [0.1, 0.15) is 5.82 Å². The molecule has 0 radical (unpaired) electrons. The molecule has 2 nitrogen and oxygen atoms in total. The fourth-order valence-corrected chi connectivity index (χ4v) is 1.60. The zero-order valence-corrected chi connectivity index (χ0v) is 9.65. The van der Waals surface area contributed by atoms with Gasteiger partial charge >= 0.3 is 6.18 Å². The number of alkyl halides is 3. The van der Waals surface area contributed by atoms with E-state index in [1.807, 2.05) is 37.3 Å². The second kappa shape index (κ2) is 4.76. The summed E-state index contributed by atoms with van der Waals surface area (Å²) in [5.41, 5.74) is 0.142. The molecule has 0 aliphatic carbocycles. The highest BCUT2D eigenvalue weighted by atomic mass is 19.4. The van der Waals surface area contributed by atoms with Gasteiger partial charge in [-0.1, -0.05) is 37.3 Å². The Kier molecular flexibility index (Phi) is 3.32. The van der Waals surface area contributed by atoms with Gasteiger partial charge in [0.15, 0.2) is 0 Å². The standard InChI is InChI=1S/C13H11F3N2/c1-9(10-5-3-2-4-6-10)12-17-7-11(8-18-12)13(14,15)16/h2-9H,1H3. The molecule has 1 aromatic carbocycles. The SMILES string of the molecule is CC(c1ccccc1)c1ncc(C(F)(F)F)cn1. The number of hydrogen-bond donors (Lipinski definition) is 0. The van der Waals surface area contributed by atoms with E-state index in [2.05, 4.69) is 9.97 Å². The lowest BCUT2D eigenvalue weighted by atomic mass is 10.0. The molecule has 0 aliphatic rings. The highest BCUT2D eigenvalue weighted by molar-refractivity contribution is 5.25. The van der Waals surface area contributed by atoms with Gasteiger partial charge in [-0.25, -0.2) is 9.97 Å². The van der Waals surface area contributed by atoms with Crippen molar-refractivity contribution in [3.8, 4) is 0 Å². The molecule has 0 bridgehead atoms. The van der Waals surface area contributed by atoms with Gasteiger partial charge in [-0.15, -0.1) is 0 Å². The zero-order valence-electron chi connectivity index (χ0n) is 9.65. The van der Waals surface area contributed by atoms with Crippen molar-refractivity contribution in [1.29, 1.82) is 0 Å². The Morgan fingerprint density at radius 3 is 2.06 bits per heavy atom. The first-order chi connectivity index (χ1) is 8.48. The fraction of sp³-hybridized carbons (Fsp3) is 0.231. The molecule has 0 spiro atoms. The molecule has 1 unspecified atom stereocenters. The van der Waals surface area contributed by atoms with E-state index in [4.69, 9.17) is 0 Å². The molecule has 94 valence electrons. The summed E-state index contributed by atoms with van der Waals surface area (Å²) in [7, 11) is 0. The van der Waals surface area contributed by atoms with Gasteiger partial charge in [-0.3, -0.25) is 0 Å². The predicted octanol–water partition coefficient (Wildman–Crippen LogP) is 3.65. The quantitative estimate of drug-likeness (QED) is 0.815. The van der Waals surface area contributed by atoms with Crippen molar-refractivity contribution in [2.45, 2.75) is 19.0 Å². The zero-order chi connectivity index (χ0) is 13.2. The molecule has 1 atom stereocenters. The number of nitrogens with zero attached hydrogens (tertiary/aromatic N) is 2. The second-order valence-electron chi connectivity index (χ2n) is 3.96. The lowest BCUT2D eigenvalue weighted by Crippen LogP contribution is -2.09. The number of halogens is 3. The predicted molar refractivity (Wildman–Crippen MR) is 61.0 cm³/mol. The van der Waals surface area contributed by atoms with Crippen molar-refractivity contribution in [2.24, 2.45) is 0 Å². The largest absolute Gasteiger partial charge is 0.419 e. The van der Waals surface area contributed by atoms with E-state index in [0.29, 0.717) is 5.82 Å². The van der Waals surface area contributed by atoms with Crippen LogP contribution in [0, 0.1) is 0 Å². The Bertz CT molecular complexity index is 506. The van der Waals surface area contributed by atoms with Crippen molar-refractivity contribution >= 4 is 0 Å². The van der Waals surface area contributed by atoms with Crippen molar-refractivity contribution in [2.75, 3.05) is 0 Å². The van der Waals surface area contributed by atoms with Gasteiger partial charge < -0.3 is 0 Å². The van der Waals surface area contributed by atoms with Crippen LogP contribution < -0.4 is 0 Å². The average Bonchev–Trinajstić information content (AvgIpc) is 2.38. The molecule has 18 heavy (non-hydrogen) atoms. The second-order valence-corrected chi connectivity index (χ2v) is 3.96. The lowest BCUT2D eigenvalue weighted by Gasteiger charge is -2.11. The van der Waals surface area contributed by atoms with E-state index in [0.717, 1.165) is 18.0 Å². The topological polar surface area (TPSA) is 25.8 Å². The van der Waals surface area contributed by atoms with E-state index in [-0.39, 0.29) is 5.92 Å². The van der Waals surface area contributed by atoms with Crippen LogP contribution in [-0.2, 0) is 6.18 Å². The molecule has 0 saturated heterocycles. The Morgan fingerprint density at radius 2 is 1.56 bits per heavy atom. The summed E-state index contributed by atoms with van der Waals surface area (Å²) in [4.78, 5) is 7.58. The van der Waals surface area contributed by atoms with Crippen molar-refractivity contribution in [3.63, 3.8) is 0 Å². The van der Waals surface area contributed by atoms with Gasteiger partial charge in [0.2, 0.25) is 0 Å². The Hall–Kier alpha value is -1.91. The van der Waals surface area contributed by atoms with E-state index < -0.39 is 11.7 Å². The van der Waals surface area contributed by atoms with Crippen LogP contribution in [0.4, 0.5) is 13.2 Å². The minimum Gasteiger partial charge on any atom is -0.240 e. The Morgan fingerprint density at radius 1 is 1.00 bits per heavy atom. The third kappa shape index (κ3) is 2.67. The summed E-state index contributed by atoms with van der Waals surface area (Å²) in [6, 6.07) is 9.41. The Labute approximate surface area is 103 Å². The van der Waals surface area contributed by atoms with Gasteiger partial charge in [0.05, 0.1) is 5.56 Å². The fourth-order valence-electron chi connectivity index (χ4n) is 1.60. The third-order valence-electron chi connectivity index (χ3n) is 2.69. The maximum absolute atomic E-state index is 12.4. The Balaban J connectivity index is 2.25. The summed E-state index contributed by atoms with van der Waals surface area (Å²) in [5.74, 6) is 0.252. The number of aromatic nitrogens is 2. The summed E-state index contributed by atoms with van der Waals surface area (Å²) in [5, 5.41) is 0. The number of hydrogen-bond acceptors (Lipinski definition) is 2. The third-order valence-corrected chi connectivity index (χ3v) is 2.69. The van der Waals surface area contributed by atoms with Crippen LogP contribution in [0.15, 0.2) is 42.7 Å². The molecule has 2 aromatic rings. The maximum atomic E-state index is 12.4. The molecule has 5 heteroatoms. The minimum atomic E-state index is -4.39. The molecule has 0 saturated carbocycles. The number of benzene rings is 1. The summed E-state index contributed by atoms with van der Waals surface area (Å²) in [6.07, 6.45) is -2.75. The van der Waals surface area contributed by atoms with Gasteiger partial charge in [0.25, 0.3) is 0 Å². The molecule has 0 fully saturated rings. The molecule has 1 heterocycles. The van der Waals surface area contributed by atoms with Crippen LogP contribution in [0.25, 0.3) is 0 Å². The average molecular weight is 252 g/mol. The van der Waals surface area contributed by atoms with Gasteiger partial charge in [0, 0.05) is 18.3 Å². The van der Waals surface area contributed by atoms with Crippen LogP contribution in [0.5, 0.6) is 0 Å². The molecular formula is C13H11F3N2. The minimum absolute atomic E-state index is 0.131. The maximum Gasteiger partial charge on any atom is 0.419 e. The highest BCUT2D eigenvalue weighted by Crippen LogP contribution is 2.29. The monoisotopic (exact) mass is 252 g/mol. The van der Waals surface area contributed by atoms with Gasteiger partial charge in [-0.2, -0.15) is 13.2 Å². The van der Waals surface area contributed by atoms with Crippen LogP contribution >= 0.6 is 0 Å². The summed E-state index contributed by atoms with van der Waals surface area (Å²) >= 11 is 0. The van der Waals surface area contributed by atoms with E-state index in [1.165, 1.54) is 0 Å². The first kappa shape index (κ1) is 12.5. The molecule has 0 amide bonds. The van der Waals surface area contributed by atoms with Crippen LogP contribution in [0.1, 0.15) is 29.8 Å². The first-order valence-electron chi connectivity index (χ1n) is 5.42. The smallest absolute Gasteiger partial charge is 0.240 e. The van der Waals surface area contributed by atoms with Crippen LogP contribution in [-0.4, -0.2) is 9.97 Å². The van der Waals surface area contributed by atoms with Crippen molar-refractivity contribution in [3.05, 3.63) is 59.7 Å². The van der Waals surface area contributed by atoms with Crippen LogP contribution in [0.2, 0.25) is 0 Å². The summed E-state index contributed by atoms with van der Waals surface area (Å²) < 4.78 is 37.1. The lowest BCUT2D eigenvalue weighted by molar-refractivity contribution is -0.138. The van der Waals surface area contributed by atoms with Crippen molar-refractivity contribution in [1.82, 2.24) is 9.97 Å². The molecule has 2 rings (SSSR count). The van der Waals surface area contributed by atoms with Crippen LogP contribution in [0.3, 0.4) is 0 Å². The van der Waals surface area contributed by atoms with E-state index >= 15 is 0 Å². The van der Waals surface area contributed by atoms with E-state index in [9.17, 15) is 13.2 Å². The van der Waals surface area contributed by atoms with E-state index in [1.54, 1.807) is 0 Å². The summed E-state index contributed by atoms with van der Waals surface area (Å²) in [6.45, 7) is 1.86. The van der Waals surface area contributed by atoms with Crippen molar-refractivity contribution < 1.29 is 13.2 Å². The molecular weight excluding hydrogens is 241 g/mol. The molecule has 0 aliphatic heterocycles. The molecule has 0 N–H and O–H groups in total. The van der Waals surface area contributed by atoms with Gasteiger partial charge in [-0.05, 0) is 5.56 Å². The molecule has 1 aromatic heterocycles. The highest BCUT2D eigenvalue weighted by Gasteiger charge is 2.31. The number of rotatable bonds is 2.